The molecule has 6 heteroatoms. The second kappa shape index (κ2) is 4.68. The highest BCUT2D eigenvalue weighted by atomic mass is 32.2. The SMILES string of the molecule is O=C(CSc1ncn[nH]1)N[C@H]1C[C@@H]2CC[C@H]1C2. The van der Waals surface area contributed by atoms with Gasteiger partial charge in [-0.1, -0.05) is 18.2 Å². The first-order valence-corrected chi connectivity index (χ1v) is 7.07. The van der Waals surface area contributed by atoms with Gasteiger partial charge >= 0.3 is 0 Å². The van der Waals surface area contributed by atoms with Crippen LogP contribution in [0, 0.1) is 11.8 Å². The zero-order valence-electron chi connectivity index (χ0n) is 9.56. The summed E-state index contributed by atoms with van der Waals surface area (Å²) in [6.45, 7) is 0. The molecule has 0 aromatic carbocycles. The Bertz CT molecular complexity index is 394. The molecule has 0 aliphatic heterocycles. The first-order valence-electron chi connectivity index (χ1n) is 6.09. The van der Waals surface area contributed by atoms with Crippen LogP contribution in [0.5, 0.6) is 0 Å². The van der Waals surface area contributed by atoms with Gasteiger partial charge < -0.3 is 5.32 Å². The fraction of sp³-hybridized carbons (Fsp3) is 0.727. The maximum atomic E-state index is 11.8. The Morgan fingerprint density at radius 1 is 1.53 bits per heavy atom. The molecule has 0 radical (unpaired) electrons. The Morgan fingerprint density at radius 2 is 2.47 bits per heavy atom. The molecule has 5 nitrogen and oxygen atoms in total. The fourth-order valence-electron chi connectivity index (χ4n) is 3.07. The summed E-state index contributed by atoms with van der Waals surface area (Å²) in [4.78, 5) is 15.8. The minimum Gasteiger partial charge on any atom is -0.352 e. The van der Waals surface area contributed by atoms with Crippen molar-refractivity contribution in [1.82, 2.24) is 20.5 Å². The van der Waals surface area contributed by atoms with E-state index in [-0.39, 0.29) is 5.91 Å². The molecule has 0 spiro atoms. The van der Waals surface area contributed by atoms with Gasteiger partial charge in [0.05, 0.1) is 5.75 Å². The molecule has 17 heavy (non-hydrogen) atoms. The predicted molar refractivity (Wildman–Crippen MR) is 64.5 cm³/mol. The Balaban J connectivity index is 1.44. The molecule has 0 saturated heterocycles. The van der Waals surface area contributed by atoms with Gasteiger partial charge in [0.1, 0.15) is 6.33 Å². The lowest BCUT2D eigenvalue weighted by Gasteiger charge is -2.22. The maximum Gasteiger partial charge on any atom is 0.230 e. The lowest BCUT2D eigenvalue weighted by Crippen LogP contribution is -2.39. The molecule has 2 N–H and O–H groups in total. The molecule has 3 atom stereocenters. The van der Waals surface area contributed by atoms with Crippen LogP contribution in [0.25, 0.3) is 0 Å². The lowest BCUT2D eigenvalue weighted by molar-refractivity contribution is -0.119. The van der Waals surface area contributed by atoms with Gasteiger partial charge in [0.25, 0.3) is 0 Å². The van der Waals surface area contributed by atoms with Crippen LogP contribution in [0.1, 0.15) is 25.7 Å². The van der Waals surface area contributed by atoms with Crippen LogP contribution in [0.4, 0.5) is 0 Å². The number of hydrogen-bond acceptors (Lipinski definition) is 4. The van der Waals surface area contributed by atoms with E-state index in [4.69, 9.17) is 0 Å². The average Bonchev–Trinajstić information content (AvgIpc) is 3.03. The maximum absolute atomic E-state index is 11.8. The molecule has 92 valence electrons. The third-order valence-electron chi connectivity index (χ3n) is 3.82. The molecule has 0 unspecified atom stereocenters. The number of amides is 1. The lowest BCUT2D eigenvalue weighted by atomic mass is 9.95. The minimum absolute atomic E-state index is 0.115. The quantitative estimate of drug-likeness (QED) is 0.790. The summed E-state index contributed by atoms with van der Waals surface area (Å²) in [6.07, 6.45) is 6.62. The third kappa shape index (κ3) is 2.46. The van der Waals surface area contributed by atoms with Crippen molar-refractivity contribution >= 4 is 17.7 Å². The Kier molecular flexibility index (Phi) is 3.05. The van der Waals surface area contributed by atoms with E-state index in [2.05, 4.69) is 20.5 Å². The van der Waals surface area contributed by atoms with E-state index in [1.54, 1.807) is 0 Å². The summed E-state index contributed by atoms with van der Waals surface area (Å²) in [5, 5.41) is 10.3. The minimum atomic E-state index is 0.115. The van der Waals surface area contributed by atoms with Crippen molar-refractivity contribution in [1.29, 1.82) is 0 Å². The van der Waals surface area contributed by atoms with E-state index in [1.807, 2.05) is 0 Å². The van der Waals surface area contributed by atoms with Crippen molar-refractivity contribution in [2.75, 3.05) is 5.75 Å². The molecular weight excluding hydrogens is 236 g/mol. The van der Waals surface area contributed by atoms with Crippen LogP contribution in [0.2, 0.25) is 0 Å². The summed E-state index contributed by atoms with van der Waals surface area (Å²) in [7, 11) is 0. The van der Waals surface area contributed by atoms with E-state index in [9.17, 15) is 4.79 Å². The third-order valence-corrected chi connectivity index (χ3v) is 4.69. The second-order valence-electron chi connectivity index (χ2n) is 4.93. The number of aromatic nitrogens is 3. The van der Waals surface area contributed by atoms with Crippen molar-refractivity contribution in [3.63, 3.8) is 0 Å². The summed E-state index contributed by atoms with van der Waals surface area (Å²) < 4.78 is 0. The van der Waals surface area contributed by atoms with Crippen molar-refractivity contribution < 1.29 is 4.79 Å². The van der Waals surface area contributed by atoms with Gasteiger partial charge in [-0.25, -0.2) is 4.98 Å². The summed E-state index contributed by atoms with van der Waals surface area (Å²) in [5.74, 6) is 2.14. The standard InChI is InChI=1S/C11H16N4OS/c16-10(5-17-11-12-6-13-15-11)14-9-4-7-1-2-8(9)3-7/h6-9H,1-5H2,(H,14,16)(H,12,13,15)/t7-,8+,9+/m1/s1. The monoisotopic (exact) mass is 252 g/mol. The zero-order valence-corrected chi connectivity index (χ0v) is 10.4. The molecule has 1 aromatic heterocycles. The molecule has 1 heterocycles. The second-order valence-corrected chi connectivity index (χ2v) is 5.89. The average molecular weight is 252 g/mol. The Hall–Kier alpha value is -1.04. The van der Waals surface area contributed by atoms with Crippen LogP contribution in [0.3, 0.4) is 0 Å². The van der Waals surface area contributed by atoms with Gasteiger partial charge in [-0.15, -0.1) is 0 Å². The van der Waals surface area contributed by atoms with Gasteiger partial charge in [0.15, 0.2) is 5.16 Å². The Labute approximate surface area is 104 Å². The number of carbonyl (C=O) groups is 1. The summed E-state index contributed by atoms with van der Waals surface area (Å²) >= 11 is 1.40. The highest BCUT2D eigenvalue weighted by Gasteiger charge is 2.39. The molecule has 1 aromatic rings. The van der Waals surface area contributed by atoms with Gasteiger partial charge in [0.2, 0.25) is 5.91 Å². The van der Waals surface area contributed by atoms with Crippen LogP contribution < -0.4 is 5.32 Å². The topological polar surface area (TPSA) is 70.7 Å². The number of aromatic amines is 1. The van der Waals surface area contributed by atoms with Gasteiger partial charge in [0, 0.05) is 6.04 Å². The largest absolute Gasteiger partial charge is 0.352 e. The number of hydrogen-bond donors (Lipinski definition) is 2. The van der Waals surface area contributed by atoms with Crippen molar-refractivity contribution in [3.05, 3.63) is 6.33 Å². The molecule has 1 amide bonds. The van der Waals surface area contributed by atoms with Crippen molar-refractivity contribution in [2.45, 2.75) is 36.9 Å². The normalized spacial score (nSPS) is 30.7. The van der Waals surface area contributed by atoms with Crippen LogP contribution in [-0.2, 0) is 4.79 Å². The van der Waals surface area contributed by atoms with Crippen LogP contribution in [-0.4, -0.2) is 32.9 Å². The predicted octanol–water partition coefficient (Wildman–Crippen LogP) is 1.20. The number of nitrogens with one attached hydrogen (secondary N) is 2. The molecule has 2 saturated carbocycles. The molecule has 2 aliphatic carbocycles. The van der Waals surface area contributed by atoms with Crippen LogP contribution in [0.15, 0.2) is 11.5 Å². The first-order chi connectivity index (χ1) is 8.31. The van der Waals surface area contributed by atoms with Gasteiger partial charge in [-0.05, 0) is 31.1 Å². The van der Waals surface area contributed by atoms with Crippen molar-refractivity contribution in [3.8, 4) is 0 Å². The number of rotatable bonds is 4. The molecule has 2 bridgehead atoms. The smallest absolute Gasteiger partial charge is 0.230 e. The van der Waals surface area contributed by atoms with Crippen molar-refractivity contribution in [2.24, 2.45) is 11.8 Å². The number of carbonyl (C=O) groups excluding carboxylic acids is 1. The molecular formula is C11H16N4OS. The van der Waals surface area contributed by atoms with E-state index in [0.29, 0.717) is 17.0 Å². The zero-order chi connectivity index (χ0) is 11.7. The number of nitrogens with zero attached hydrogens (tertiary/aromatic N) is 2. The van der Waals surface area contributed by atoms with Gasteiger partial charge in [-0.2, -0.15) is 5.10 Å². The number of H-pyrrole nitrogens is 1. The van der Waals surface area contributed by atoms with Crippen LogP contribution >= 0.6 is 11.8 Å². The highest BCUT2D eigenvalue weighted by Crippen LogP contribution is 2.44. The number of thioether (sulfide) groups is 1. The highest BCUT2D eigenvalue weighted by molar-refractivity contribution is 7.99. The Morgan fingerprint density at radius 3 is 3.12 bits per heavy atom. The van der Waals surface area contributed by atoms with E-state index < -0.39 is 0 Å². The van der Waals surface area contributed by atoms with E-state index >= 15 is 0 Å². The van der Waals surface area contributed by atoms with Gasteiger partial charge in [-0.3, -0.25) is 9.89 Å². The first kappa shape index (κ1) is 11.1. The molecule has 3 rings (SSSR count). The van der Waals surface area contributed by atoms with E-state index in [1.165, 1.54) is 43.8 Å². The summed E-state index contributed by atoms with van der Waals surface area (Å²) in [6, 6.07) is 0.427. The molecule has 2 fully saturated rings. The summed E-state index contributed by atoms with van der Waals surface area (Å²) in [5.41, 5.74) is 0. The number of fused-ring (bicyclic) bond motifs is 2. The fourth-order valence-corrected chi connectivity index (χ4v) is 3.66. The van der Waals surface area contributed by atoms with E-state index in [0.717, 1.165) is 11.8 Å². The molecule has 2 aliphatic rings.